The van der Waals surface area contributed by atoms with Crippen LogP contribution in [0.4, 0.5) is 11.4 Å². The first-order valence-corrected chi connectivity index (χ1v) is 9.71. The minimum atomic E-state index is -0.391. The first-order valence-electron chi connectivity index (χ1n) is 9.71. The molecule has 0 spiro atoms. The Morgan fingerprint density at radius 2 is 1.78 bits per heavy atom. The van der Waals surface area contributed by atoms with E-state index in [0.717, 1.165) is 19.1 Å². The third-order valence-corrected chi connectivity index (χ3v) is 4.71. The number of rotatable bonds is 11. The summed E-state index contributed by atoms with van der Waals surface area (Å²) in [6.07, 6.45) is 9.61. The summed E-state index contributed by atoms with van der Waals surface area (Å²) in [5, 5.41) is 19.8. The molecule has 27 heavy (non-hydrogen) atoms. The molecule has 1 aliphatic rings. The van der Waals surface area contributed by atoms with Gasteiger partial charge in [0, 0.05) is 24.0 Å². The molecule has 0 unspecified atom stereocenters. The molecule has 1 aromatic carbocycles. The van der Waals surface area contributed by atoms with E-state index >= 15 is 0 Å². The van der Waals surface area contributed by atoms with Crippen LogP contribution >= 0.6 is 0 Å². The van der Waals surface area contributed by atoms with E-state index in [-0.39, 0.29) is 23.8 Å². The predicted octanol–water partition coefficient (Wildman–Crippen LogP) is 4.57. The van der Waals surface area contributed by atoms with Crippen molar-refractivity contribution < 1.29 is 14.7 Å². The Bertz CT molecular complexity index is 695. The number of aliphatic hydroxyl groups excluding tert-OH is 1. The number of amides is 2. The second-order valence-corrected chi connectivity index (χ2v) is 6.86. The van der Waals surface area contributed by atoms with Crippen LogP contribution in [-0.4, -0.2) is 29.7 Å². The Labute approximate surface area is 160 Å². The molecule has 0 saturated carbocycles. The Morgan fingerprint density at radius 3 is 2.37 bits per heavy atom. The zero-order valence-electron chi connectivity index (χ0n) is 16.0. The highest BCUT2D eigenvalue weighted by atomic mass is 16.3. The first kappa shape index (κ1) is 20.7. The van der Waals surface area contributed by atoms with Crippen molar-refractivity contribution in [3.63, 3.8) is 0 Å². The number of hydrogen-bond acceptors (Lipinski definition) is 4. The fraction of sp³-hybridized carbons (Fsp3) is 0.476. The third kappa shape index (κ3) is 5.94. The van der Waals surface area contributed by atoms with E-state index in [1.165, 1.54) is 37.0 Å². The van der Waals surface area contributed by atoms with E-state index in [0.29, 0.717) is 17.8 Å². The Hall–Kier alpha value is -2.63. The van der Waals surface area contributed by atoms with E-state index in [4.69, 9.17) is 5.41 Å². The van der Waals surface area contributed by atoms with Gasteiger partial charge in [0.15, 0.2) is 0 Å². The van der Waals surface area contributed by atoms with Crippen molar-refractivity contribution in [2.75, 3.05) is 16.8 Å². The first-order chi connectivity index (χ1) is 13.1. The number of anilines is 2. The molecule has 6 nitrogen and oxygen atoms in total. The van der Waals surface area contributed by atoms with Crippen molar-refractivity contribution >= 4 is 29.4 Å². The average molecular weight is 371 g/mol. The highest BCUT2D eigenvalue weighted by Crippen LogP contribution is 2.25. The van der Waals surface area contributed by atoms with Crippen LogP contribution in [-0.2, 0) is 9.59 Å². The maximum Gasteiger partial charge on any atom is 0.263 e. The van der Waals surface area contributed by atoms with E-state index in [1.807, 2.05) is 0 Å². The molecular weight excluding hydrogens is 342 g/mol. The lowest BCUT2D eigenvalue weighted by molar-refractivity contribution is -0.116. The summed E-state index contributed by atoms with van der Waals surface area (Å²) >= 11 is 0. The lowest BCUT2D eigenvalue weighted by Crippen LogP contribution is -2.27. The Morgan fingerprint density at radius 1 is 1.15 bits per heavy atom. The standard InChI is InChI=1S/C21H29N3O3/c1-2-3-4-5-6-7-8-9-20(26)23-16-10-12-17(13-11-16)24-15-19(25)18(14-22)21(24)27/h10-14,22,25H,2-9,15H2,1H3,(H,23,26). The number of benzene rings is 1. The molecule has 0 atom stereocenters. The number of nitrogens with one attached hydrogen (secondary N) is 2. The van der Waals surface area contributed by atoms with Crippen molar-refractivity contribution in [1.82, 2.24) is 0 Å². The minimum absolute atomic E-state index is 0.000962. The average Bonchev–Trinajstić information content (AvgIpc) is 2.95. The summed E-state index contributed by atoms with van der Waals surface area (Å²) in [6.45, 7) is 2.27. The van der Waals surface area contributed by atoms with Gasteiger partial charge in [-0.3, -0.25) is 9.59 Å². The van der Waals surface area contributed by atoms with Crippen molar-refractivity contribution in [2.45, 2.75) is 58.3 Å². The predicted molar refractivity (Wildman–Crippen MR) is 108 cm³/mol. The number of hydrogen-bond donors (Lipinski definition) is 3. The van der Waals surface area contributed by atoms with Gasteiger partial charge in [0.1, 0.15) is 5.76 Å². The van der Waals surface area contributed by atoms with E-state index < -0.39 is 5.91 Å². The summed E-state index contributed by atoms with van der Waals surface area (Å²) < 4.78 is 0. The van der Waals surface area contributed by atoms with Gasteiger partial charge in [0.2, 0.25) is 5.91 Å². The summed E-state index contributed by atoms with van der Waals surface area (Å²) in [5.74, 6) is -0.487. The van der Waals surface area contributed by atoms with Gasteiger partial charge in [-0.25, -0.2) is 0 Å². The summed E-state index contributed by atoms with van der Waals surface area (Å²) in [4.78, 5) is 25.6. The van der Waals surface area contributed by atoms with Crippen LogP contribution in [0.2, 0.25) is 0 Å². The molecule has 0 aliphatic carbocycles. The Balaban J connectivity index is 1.75. The topological polar surface area (TPSA) is 93.5 Å². The van der Waals surface area contributed by atoms with Crippen molar-refractivity contribution in [1.29, 1.82) is 5.41 Å². The van der Waals surface area contributed by atoms with Gasteiger partial charge in [-0.1, -0.05) is 45.4 Å². The zero-order chi connectivity index (χ0) is 19.6. The van der Waals surface area contributed by atoms with Gasteiger partial charge < -0.3 is 20.7 Å². The van der Waals surface area contributed by atoms with Crippen LogP contribution in [0.1, 0.15) is 58.3 Å². The quantitative estimate of drug-likeness (QED) is 0.393. The second kappa shape index (κ2) is 10.5. The van der Waals surface area contributed by atoms with Crippen LogP contribution in [0.25, 0.3) is 0 Å². The van der Waals surface area contributed by atoms with Gasteiger partial charge in [-0.05, 0) is 30.7 Å². The van der Waals surface area contributed by atoms with Gasteiger partial charge in [0.05, 0.1) is 12.1 Å². The molecule has 1 aromatic rings. The molecule has 0 fully saturated rings. The molecular formula is C21H29N3O3. The number of unbranched alkanes of at least 4 members (excludes halogenated alkanes) is 6. The van der Waals surface area contributed by atoms with Crippen molar-refractivity contribution in [3.8, 4) is 0 Å². The molecule has 0 bridgehead atoms. The summed E-state index contributed by atoms with van der Waals surface area (Å²) in [5.41, 5.74) is 1.32. The normalized spacial score (nSPS) is 14.0. The number of nitrogens with zero attached hydrogens (tertiary/aromatic N) is 1. The molecule has 2 amide bonds. The molecule has 6 heteroatoms. The fourth-order valence-electron chi connectivity index (χ4n) is 3.12. The zero-order valence-corrected chi connectivity index (χ0v) is 16.0. The van der Waals surface area contributed by atoms with Gasteiger partial charge in [-0.2, -0.15) is 0 Å². The molecule has 0 aromatic heterocycles. The largest absolute Gasteiger partial charge is 0.510 e. The monoisotopic (exact) mass is 371 g/mol. The molecule has 1 heterocycles. The van der Waals surface area contributed by atoms with Crippen molar-refractivity contribution in [2.24, 2.45) is 0 Å². The van der Waals surface area contributed by atoms with Crippen molar-refractivity contribution in [3.05, 3.63) is 35.6 Å². The molecule has 0 saturated heterocycles. The minimum Gasteiger partial charge on any atom is -0.510 e. The van der Waals surface area contributed by atoms with Crippen LogP contribution in [0, 0.1) is 5.41 Å². The van der Waals surface area contributed by atoms with Crippen LogP contribution in [0.5, 0.6) is 0 Å². The smallest absolute Gasteiger partial charge is 0.263 e. The maximum absolute atomic E-state index is 12.1. The summed E-state index contributed by atoms with van der Waals surface area (Å²) in [7, 11) is 0. The molecule has 1 aliphatic heterocycles. The number of carbonyl (C=O) groups is 2. The van der Waals surface area contributed by atoms with Crippen LogP contribution in [0.15, 0.2) is 35.6 Å². The lowest BCUT2D eigenvalue weighted by Gasteiger charge is -2.16. The van der Waals surface area contributed by atoms with Gasteiger partial charge >= 0.3 is 0 Å². The van der Waals surface area contributed by atoms with Gasteiger partial charge in [-0.15, -0.1) is 0 Å². The van der Waals surface area contributed by atoms with Gasteiger partial charge in [0.25, 0.3) is 5.91 Å². The van der Waals surface area contributed by atoms with E-state index in [2.05, 4.69) is 12.2 Å². The highest BCUT2D eigenvalue weighted by molar-refractivity contribution is 6.21. The second-order valence-electron chi connectivity index (χ2n) is 6.86. The molecule has 146 valence electrons. The van der Waals surface area contributed by atoms with Crippen LogP contribution in [0.3, 0.4) is 0 Å². The SMILES string of the molecule is CCCCCCCCCC(=O)Nc1ccc(N2CC(O)=C(C=N)C2=O)cc1. The Kier molecular flexibility index (Phi) is 8.04. The fourth-order valence-corrected chi connectivity index (χ4v) is 3.12. The molecule has 2 rings (SSSR count). The highest BCUT2D eigenvalue weighted by Gasteiger charge is 2.29. The molecule has 3 N–H and O–H groups in total. The van der Waals surface area contributed by atoms with E-state index in [9.17, 15) is 14.7 Å². The number of aliphatic hydroxyl groups is 1. The number of carbonyl (C=O) groups excluding carboxylic acids is 2. The third-order valence-electron chi connectivity index (χ3n) is 4.71. The van der Waals surface area contributed by atoms with Crippen LogP contribution < -0.4 is 10.2 Å². The van der Waals surface area contributed by atoms with E-state index in [1.54, 1.807) is 24.3 Å². The maximum atomic E-state index is 12.1. The summed E-state index contributed by atoms with van der Waals surface area (Å²) in [6, 6.07) is 6.93. The molecule has 0 radical (unpaired) electrons. The lowest BCUT2D eigenvalue weighted by atomic mass is 10.1.